The molecule has 0 aliphatic rings. The van der Waals surface area contributed by atoms with E-state index in [2.05, 4.69) is 20.4 Å². The second-order valence-electron chi connectivity index (χ2n) is 6.62. The standard InChI is InChI=1S/C14H11F2N3O4S.C6H7N.C2H6/c1-7-2-12(19-23-7)18-13(20)6-24(21,22)11-5-17-10-4-8(15)3-9(16)14(10)11;1-6-2-4-7-5-3-6;1-2/h2-5,17H,6H2,1H3,(H,18,19,20);2-5H,1H3;1-2H3. The van der Waals surface area contributed by atoms with Gasteiger partial charge in [-0.2, -0.15) is 0 Å². The fourth-order valence-corrected chi connectivity index (χ4v) is 4.01. The number of benzene rings is 1. The number of halogens is 2. The first-order valence-corrected chi connectivity index (χ1v) is 11.6. The lowest BCUT2D eigenvalue weighted by Crippen LogP contribution is -2.23. The van der Waals surface area contributed by atoms with Crippen molar-refractivity contribution in [2.45, 2.75) is 32.6 Å². The number of fused-ring (bicyclic) bond motifs is 1. The van der Waals surface area contributed by atoms with Gasteiger partial charge in [0.05, 0.1) is 15.8 Å². The number of hydrogen-bond donors (Lipinski definition) is 2. The maximum absolute atomic E-state index is 13.9. The first-order chi connectivity index (χ1) is 15.7. The zero-order valence-corrected chi connectivity index (χ0v) is 19.3. The third-order valence-corrected chi connectivity index (χ3v) is 5.69. The molecule has 1 aromatic carbocycles. The normalized spacial score (nSPS) is 10.6. The Morgan fingerprint density at radius 3 is 2.33 bits per heavy atom. The van der Waals surface area contributed by atoms with Gasteiger partial charge < -0.3 is 14.8 Å². The molecule has 3 heterocycles. The minimum Gasteiger partial charge on any atom is -0.360 e. The van der Waals surface area contributed by atoms with Gasteiger partial charge in [-0.3, -0.25) is 9.78 Å². The summed E-state index contributed by atoms with van der Waals surface area (Å²) in [5.74, 6) is -3.15. The van der Waals surface area contributed by atoms with E-state index in [0.717, 1.165) is 12.3 Å². The molecule has 0 saturated heterocycles. The monoisotopic (exact) mass is 478 g/mol. The summed E-state index contributed by atoms with van der Waals surface area (Å²) in [4.78, 5) is 17.8. The Labute approximate surface area is 189 Å². The van der Waals surface area contributed by atoms with Gasteiger partial charge in [-0.15, -0.1) is 0 Å². The minimum atomic E-state index is -4.16. The van der Waals surface area contributed by atoms with E-state index in [1.165, 1.54) is 11.6 Å². The van der Waals surface area contributed by atoms with Gasteiger partial charge in [0.15, 0.2) is 15.7 Å². The number of H-pyrrole nitrogens is 1. The number of aromatic nitrogens is 3. The number of anilines is 1. The van der Waals surface area contributed by atoms with Gasteiger partial charge in [0.2, 0.25) is 5.91 Å². The largest absolute Gasteiger partial charge is 0.360 e. The molecule has 0 unspecified atom stereocenters. The van der Waals surface area contributed by atoms with Crippen molar-refractivity contribution in [2.24, 2.45) is 0 Å². The van der Waals surface area contributed by atoms with E-state index in [9.17, 15) is 22.0 Å². The lowest BCUT2D eigenvalue weighted by Gasteiger charge is -2.04. The summed E-state index contributed by atoms with van der Waals surface area (Å²) < 4.78 is 56.6. The summed E-state index contributed by atoms with van der Waals surface area (Å²) in [6, 6.07) is 6.90. The number of nitrogens with one attached hydrogen (secondary N) is 2. The summed E-state index contributed by atoms with van der Waals surface area (Å²) in [6.07, 6.45) is 4.60. The molecular formula is C22H24F2N4O4S. The fourth-order valence-electron chi connectivity index (χ4n) is 2.68. The first kappa shape index (κ1) is 25.7. The van der Waals surface area contributed by atoms with E-state index in [4.69, 9.17) is 4.52 Å². The number of nitrogens with zero attached hydrogens (tertiary/aromatic N) is 2. The summed E-state index contributed by atoms with van der Waals surface area (Å²) >= 11 is 0. The number of carbonyl (C=O) groups excluding carboxylic acids is 1. The highest BCUT2D eigenvalue weighted by molar-refractivity contribution is 7.92. The first-order valence-electron chi connectivity index (χ1n) is 9.94. The topological polar surface area (TPSA) is 118 Å². The molecule has 0 bridgehead atoms. The number of sulfone groups is 1. The number of aryl methyl sites for hydroxylation is 2. The Balaban J connectivity index is 0.000000362. The van der Waals surface area contributed by atoms with Gasteiger partial charge in [-0.1, -0.05) is 19.0 Å². The van der Waals surface area contributed by atoms with Crippen LogP contribution in [0.1, 0.15) is 25.2 Å². The molecule has 0 spiro atoms. The fraction of sp³-hybridized carbons (Fsp3) is 0.227. The second kappa shape index (κ2) is 11.3. The summed E-state index contributed by atoms with van der Waals surface area (Å²) in [6.45, 7) is 7.65. The molecule has 1 amide bonds. The molecule has 0 atom stereocenters. The summed E-state index contributed by atoms with van der Waals surface area (Å²) in [7, 11) is -4.16. The van der Waals surface area contributed by atoms with Gasteiger partial charge in [0.1, 0.15) is 23.1 Å². The van der Waals surface area contributed by atoms with Crippen molar-refractivity contribution in [2.75, 3.05) is 11.1 Å². The van der Waals surface area contributed by atoms with Crippen LogP contribution in [0.2, 0.25) is 0 Å². The van der Waals surface area contributed by atoms with E-state index in [1.807, 2.05) is 32.9 Å². The highest BCUT2D eigenvalue weighted by Gasteiger charge is 2.25. The highest BCUT2D eigenvalue weighted by Crippen LogP contribution is 2.27. The van der Waals surface area contributed by atoms with E-state index in [0.29, 0.717) is 11.8 Å². The van der Waals surface area contributed by atoms with Crippen molar-refractivity contribution in [3.63, 3.8) is 0 Å². The van der Waals surface area contributed by atoms with Gasteiger partial charge in [0, 0.05) is 30.7 Å². The molecule has 4 rings (SSSR count). The predicted molar refractivity (Wildman–Crippen MR) is 120 cm³/mol. The lowest BCUT2D eigenvalue weighted by molar-refractivity contribution is -0.113. The number of amides is 1. The van der Waals surface area contributed by atoms with Gasteiger partial charge in [-0.25, -0.2) is 17.2 Å². The quantitative estimate of drug-likeness (QED) is 0.444. The molecule has 0 aliphatic heterocycles. The van der Waals surface area contributed by atoms with Crippen molar-refractivity contribution in [3.05, 3.63) is 71.9 Å². The third-order valence-electron chi connectivity index (χ3n) is 4.06. The average Bonchev–Trinajstić information content (AvgIpc) is 3.36. The van der Waals surface area contributed by atoms with Crippen molar-refractivity contribution in [1.82, 2.24) is 15.1 Å². The second-order valence-corrected chi connectivity index (χ2v) is 8.58. The SMILES string of the molecule is CC.Cc1cc(NC(=O)CS(=O)(=O)c2c[nH]c3cc(F)cc(F)c23)no1.Cc1ccncc1. The number of carbonyl (C=O) groups is 1. The maximum Gasteiger partial charge on any atom is 0.241 e. The smallest absolute Gasteiger partial charge is 0.241 e. The van der Waals surface area contributed by atoms with Crippen LogP contribution in [0.15, 0.2) is 58.3 Å². The predicted octanol–water partition coefficient (Wildman–Crippen LogP) is 4.57. The molecule has 3 aromatic heterocycles. The molecule has 33 heavy (non-hydrogen) atoms. The van der Waals surface area contributed by atoms with E-state index < -0.39 is 38.0 Å². The zero-order chi connectivity index (χ0) is 24.6. The van der Waals surface area contributed by atoms with Gasteiger partial charge in [-0.05, 0) is 37.6 Å². The number of hydrogen-bond acceptors (Lipinski definition) is 6. The number of pyridine rings is 1. The lowest BCUT2D eigenvalue weighted by atomic mass is 10.2. The molecule has 0 fully saturated rings. The van der Waals surface area contributed by atoms with Crippen molar-refractivity contribution in [3.8, 4) is 0 Å². The van der Waals surface area contributed by atoms with Crippen LogP contribution in [0.25, 0.3) is 10.9 Å². The maximum atomic E-state index is 13.9. The Morgan fingerprint density at radius 1 is 1.12 bits per heavy atom. The van der Waals surface area contributed by atoms with Crippen molar-refractivity contribution >= 4 is 32.5 Å². The van der Waals surface area contributed by atoms with E-state index >= 15 is 0 Å². The Hall–Kier alpha value is -3.60. The Kier molecular flexibility index (Phi) is 8.80. The van der Waals surface area contributed by atoms with Gasteiger partial charge in [0.25, 0.3) is 0 Å². The van der Waals surface area contributed by atoms with Crippen LogP contribution in [0.5, 0.6) is 0 Å². The van der Waals surface area contributed by atoms with Crippen LogP contribution in [0, 0.1) is 25.5 Å². The molecule has 2 N–H and O–H groups in total. The molecule has 8 nitrogen and oxygen atoms in total. The molecule has 11 heteroatoms. The number of aromatic amines is 1. The van der Waals surface area contributed by atoms with Crippen molar-refractivity contribution < 1.29 is 26.5 Å². The van der Waals surface area contributed by atoms with Crippen molar-refractivity contribution in [1.29, 1.82) is 0 Å². The van der Waals surface area contributed by atoms with Crippen LogP contribution in [0.4, 0.5) is 14.6 Å². The highest BCUT2D eigenvalue weighted by atomic mass is 32.2. The van der Waals surface area contributed by atoms with Crippen LogP contribution in [-0.4, -0.2) is 35.2 Å². The molecule has 0 aliphatic carbocycles. The van der Waals surface area contributed by atoms with E-state index in [-0.39, 0.29) is 16.7 Å². The summed E-state index contributed by atoms with van der Waals surface area (Å²) in [5.41, 5.74) is 1.24. The van der Waals surface area contributed by atoms with Crippen LogP contribution in [0.3, 0.4) is 0 Å². The third kappa shape index (κ3) is 6.94. The summed E-state index contributed by atoms with van der Waals surface area (Å²) in [5, 5.41) is 5.49. The zero-order valence-electron chi connectivity index (χ0n) is 18.5. The van der Waals surface area contributed by atoms with Crippen LogP contribution < -0.4 is 5.32 Å². The molecule has 176 valence electrons. The van der Waals surface area contributed by atoms with Gasteiger partial charge >= 0.3 is 0 Å². The number of rotatable bonds is 4. The van der Waals surface area contributed by atoms with E-state index in [1.54, 1.807) is 19.3 Å². The average molecular weight is 479 g/mol. The van der Waals surface area contributed by atoms with Crippen LogP contribution in [-0.2, 0) is 14.6 Å². The molecule has 0 saturated carbocycles. The molecular weight excluding hydrogens is 454 g/mol. The molecule has 0 radical (unpaired) electrons. The van der Waals surface area contributed by atoms with Crippen LogP contribution >= 0.6 is 0 Å². The minimum absolute atomic E-state index is 0.0152. The Morgan fingerprint density at radius 2 is 1.79 bits per heavy atom. The molecule has 4 aromatic rings. The Bertz CT molecular complexity index is 1320.